The molecule has 2 aromatic rings. The van der Waals surface area contributed by atoms with Crippen LogP contribution in [0.15, 0.2) is 42.5 Å². The number of hydrogen-bond donors (Lipinski definition) is 1. The average Bonchev–Trinajstić information content (AvgIpc) is 2.54. The molecular formula is C19H21NO2. The summed E-state index contributed by atoms with van der Waals surface area (Å²) in [5.74, 6) is 2.09. The highest BCUT2D eigenvalue weighted by Gasteiger charge is 2.46. The zero-order chi connectivity index (χ0) is 15.3. The topological polar surface area (TPSA) is 30.5 Å². The first-order valence-electron chi connectivity index (χ1n) is 7.78. The summed E-state index contributed by atoms with van der Waals surface area (Å²) in [6, 6.07) is 15.0. The zero-order valence-corrected chi connectivity index (χ0v) is 13.2. The van der Waals surface area contributed by atoms with E-state index in [0.717, 1.165) is 11.5 Å². The monoisotopic (exact) mass is 295 g/mol. The Morgan fingerprint density at radius 3 is 2.77 bits per heavy atom. The van der Waals surface area contributed by atoms with Crippen molar-refractivity contribution in [1.29, 1.82) is 0 Å². The van der Waals surface area contributed by atoms with Crippen molar-refractivity contribution in [2.24, 2.45) is 5.92 Å². The van der Waals surface area contributed by atoms with E-state index in [1.54, 1.807) is 7.11 Å². The molecule has 1 N–H and O–H groups in total. The molecule has 0 saturated heterocycles. The summed E-state index contributed by atoms with van der Waals surface area (Å²) in [6.45, 7) is 5.34. The summed E-state index contributed by atoms with van der Waals surface area (Å²) in [7, 11) is 1.69. The Labute approximate surface area is 131 Å². The third-order valence-electron chi connectivity index (χ3n) is 5.23. The molecule has 0 unspecified atom stereocenters. The van der Waals surface area contributed by atoms with Gasteiger partial charge in [0.25, 0.3) is 0 Å². The van der Waals surface area contributed by atoms with Gasteiger partial charge in [0, 0.05) is 22.6 Å². The number of fused-ring (bicyclic) bond motifs is 4. The van der Waals surface area contributed by atoms with Crippen LogP contribution in [0.3, 0.4) is 0 Å². The third-order valence-corrected chi connectivity index (χ3v) is 5.23. The summed E-state index contributed by atoms with van der Waals surface area (Å²) >= 11 is 0. The Kier molecular flexibility index (Phi) is 2.86. The molecule has 0 aliphatic carbocycles. The maximum atomic E-state index is 6.10. The first-order chi connectivity index (χ1) is 10.6. The van der Waals surface area contributed by atoms with E-state index in [1.165, 1.54) is 16.8 Å². The van der Waals surface area contributed by atoms with E-state index in [-0.39, 0.29) is 11.5 Å². The Morgan fingerprint density at radius 1 is 1.14 bits per heavy atom. The molecule has 2 aromatic carbocycles. The fourth-order valence-corrected chi connectivity index (χ4v) is 3.92. The van der Waals surface area contributed by atoms with Crippen molar-refractivity contribution in [2.45, 2.75) is 25.3 Å². The first-order valence-corrected chi connectivity index (χ1v) is 7.78. The highest BCUT2D eigenvalue weighted by Crippen LogP contribution is 2.53. The van der Waals surface area contributed by atoms with Crippen LogP contribution in [0.4, 0.5) is 5.69 Å². The summed E-state index contributed by atoms with van der Waals surface area (Å²) in [4.78, 5) is 0. The molecule has 2 aliphatic heterocycles. The maximum absolute atomic E-state index is 6.10. The lowest BCUT2D eigenvalue weighted by molar-refractivity contribution is 0.131. The van der Waals surface area contributed by atoms with Crippen molar-refractivity contribution in [1.82, 2.24) is 0 Å². The molecule has 0 fully saturated rings. The maximum Gasteiger partial charge on any atom is 0.166 e. The van der Waals surface area contributed by atoms with Crippen molar-refractivity contribution in [3.63, 3.8) is 0 Å². The molecule has 2 atom stereocenters. The quantitative estimate of drug-likeness (QED) is 0.857. The fourth-order valence-electron chi connectivity index (χ4n) is 3.92. The average molecular weight is 295 g/mol. The molecule has 4 rings (SSSR count). The highest BCUT2D eigenvalue weighted by atomic mass is 16.5. The number of nitrogens with one attached hydrogen (secondary N) is 1. The van der Waals surface area contributed by atoms with Gasteiger partial charge in [-0.2, -0.15) is 0 Å². The van der Waals surface area contributed by atoms with E-state index < -0.39 is 0 Å². The minimum atomic E-state index is 0.0628. The summed E-state index contributed by atoms with van der Waals surface area (Å²) in [5.41, 5.74) is 3.85. The smallest absolute Gasteiger partial charge is 0.166 e. The van der Waals surface area contributed by atoms with Crippen LogP contribution in [-0.4, -0.2) is 13.7 Å². The van der Waals surface area contributed by atoms with Crippen LogP contribution in [0, 0.1) is 5.92 Å². The van der Waals surface area contributed by atoms with E-state index in [1.807, 2.05) is 12.1 Å². The molecule has 0 radical (unpaired) electrons. The van der Waals surface area contributed by atoms with Gasteiger partial charge in [0.15, 0.2) is 11.5 Å². The van der Waals surface area contributed by atoms with Crippen LogP contribution >= 0.6 is 0 Å². The van der Waals surface area contributed by atoms with Crippen LogP contribution < -0.4 is 14.8 Å². The number of hydrogen-bond acceptors (Lipinski definition) is 3. The number of rotatable bonds is 1. The Balaban J connectivity index is 1.87. The molecule has 0 saturated carbocycles. The van der Waals surface area contributed by atoms with E-state index in [2.05, 4.69) is 49.5 Å². The number of ether oxygens (including phenoxy) is 2. The van der Waals surface area contributed by atoms with Crippen molar-refractivity contribution < 1.29 is 9.47 Å². The van der Waals surface area contributed by atoms with Crippen molar-refractivity contribution >= 4 is 5.69 Å². The van der Waals surface area contributed by atoms with Gasteiger partial charge in [-0.15, -0.1) is 0 Å². The fraction of sp³-hybridized carbons (Fsp3) is 0.368. The number of anilines is 1. The lowest BCUT2D eigenvalue weighted by Crippen LogP contribution is -2.46. The van der Waals surface area contributed by atoms with Gasteiger partial charge in [-0.25, -0.2) is 0 Å². The second-order valence-corrected chi connectivity index (χ2v) is 6.69. The summed E-state index contributed by atoms with van der Waals surface area (Å²) < 4.78 is 11.6. The van der Waals surface area contributed by atoms with Crippen molar-refractivity contribution in [2.75, 3.05) is 19.0 Å². The van der Waals surface area contributed by atoms with Crippen LogP contribution in [0.5, 0.6) is 11.5 Å². The molecular weight excluding hydrogens is 274 g/mol. The first kappa shape index (κ1) is 13.5. The van der Waals surface area contributed by atoms with E-state index in [0.29, 0.717) is 12.5 Å². The Morgan fingerprint density at radius 2 is 1.95 bits per heavy atom. The van der Waals surface area contributed by atoms with Crippen LogP contribution in [0.2, 0.25) is 0 Å². The molecule has 0 aromatic heterocycles. The highest BCUT2D eigenvalue weighted by molar-refractivity contribution is 5.62. The van der Waals surface area contributed by atoms with Gasteiger partial charge in [-0.05, 0) is 17.7 Å². The van der Waals surface area contributed by atoms with Gasteiger partial charge in [0.05, 0.1) is 19.8 Å². The summed E-state index contributed by atoms with van der Waals surface area (Å²) in [5, 5.41) is 3.73. The molecule has 22 heavy (non-hydrogen) atoms. The van der Waals surface area contributed by atoms with Gasteiger partial charge in [-0.3, -0.25) is 0 Å². The van der Waals surface area contributed by atoms with Crippen LogP contribution in [0.25, 0.3) is 0 Å². The number of benzene rings is 2. The molecule has 114 valence electrons. The molecule has 3 heteroatoms. The standard InChI is InChI=1S/C19H21NO2/c1-19(2)13-8-4-5-9-15(13)20-17-12-7-6-10-16(21-3)18(12)22-11-14(17)19/h4-10,14,17,20H,11H2,1-3H3/t14-,17-/m1/s1. The largest absolute Gasteiger partial charge is 0.493 e. The van der Waals surface area contributed by atoms with Crippen molar-refractivity contribution in [3.8, 4) is 11.5 Å². The normalized spacial score (nSPS) is 24.1. The van der Waals surface area contributed by atoms with E-state index >= 15 is 0 Å². The van der Waals surface area contributed by atoms with Crippen molar-refractivity contribution in [3.05, 3.63) is 53.6 Å². The minimum Gasteiger partial charge on any atom is -0.493 e. The molecule has 0 amide bonds. The molecule has 3 nitrogen and oxygen atoms in total. The number of para-hydroxylation sites is 2. The number of methoxy groups -OCH3 is 1. The van der Waals surface area contributed by atoms with Crippen LogP contribution in [0.1, 0.15) is 31.0 Å². The van der Waals surface area contributed by atoms with E-state index in [4.69, 9.17) is 9.47 Å². The molecule has 0 bridgehead atoms. The minimum absolute atomic E-state index is 0.0628. The summed E-state index contributed by atoms with van der Waals surface area (Å²) in [6.07, 6.45) is 0. The third kappa shape index (κ3) is 1.75. The molecule has 0 spiro atoms. The van der Waals surface area contributed by atoms with Gasteiger partial charge in [-0.1, -0.05) is 44.2 Å². The lowest BCUT2D eigenvalue weighted by Gasteiger charge is -2.48. The molecule has 2 heterocycles. The Hall–Kier alpha value is -2.16. The van der Waals surface area contributed by atoms with Gasteiger partial charge >= 0.3 is 0 Å². The predicted octanol–water partition coefficient (Wildman–Crippen LogP) is 4.15. The van der Waals surface area contributed by atoms with E-state index in [9.17, 15) is 0 Å². The van der Waals surface area contributed by atoms with Gasteiger partial charge < -0.3 is 14.8 Å². The SMILES string of the molecule is COc1cccc2c1OC[C@@H]1[C@@H]2Nc2ccccc2C1(C)C. The van der Waals surface area contributed by atoms with Crippen LogP contribution in [-0.2, 0) is 5.41 Å². The predicted molar refractivity (Wildman–Crippen MR) is 87.8 cm³/mol. The van der Waals surface area contributed by atoms with Gasteiger partial charge in [0.2, 0.25) is 0 Å². The zero-order valence-electron chi connectivity index (χ0n) is 13.2. The Bertz CT molecular complexity index is 723. The second-order valence-electron chi connectivity index (χ2n) is 6.69. The second kappa shape index (κ2) is 4.67. The molecule has 2 aliphatic rings. The van der Waals surface area contributed by atoms with Gasteiger partial charge in [0.1, 0.15) is 0 Å². The lowest BCUT2D eigenvalue weighted by atomic mass is 9.65.